The summed E-state index contributed by atoms with van der Waals surface area (Å²) in [6, 6.07) is 0. The summed E-state index contributed by atoms with van der Waals surface area (Å²) in [6.45, 7) is -0.719. The third kappa shape index (κ3) is 2.66. The van der Waals surface area contributed by atoms with Gasteiger partial charge in [0.05, 0.1) is 6.61 Å². The molecule has 0 amide bonds. The molecule has 96 valence electrons. The maximum atomic E-state index is 9.52. The van der Waals surface area contributed by atoms with E-state index in [1.807, 2.05) is 0 Å². The van der Waals surface area contributed by atoms with Gasteiger partial charge in [-0.15, -0.1) is 12.6 Å². The average Bonchev–Trinajstić information content (AvgIpc) is 2.29. The van der Waals surface area contributed by atoms with Crippen LogP contribution in [0.5, 0.6) is 0 Å². The van der Waals surface area contributed by atoms with E-state index in [2.05, 4.69) is 12.6 Å². The molecule has 1 aliphatic heterocycles. The summed E-state index contributed by atoms with van der Waals surface area (Å²) in [5, 5.41) is 55.5. The van der Waals surface area contributed by atoms with Gasteiger partial charge in [0, 0.05) is 0 Å². The summed E-state index contributed by atoms with van der Waals surface area (Å²) in [6.07, 6.45) is -8.94. The number of ether oxygens (including phenoxy) is 1. The quantitative estimate of drug-likeness (QED) is 0.260. The molecule has 1 saturated heterocycles. The van der Waals surface area contributed by atoms with Crippen LogP contribution in [0.3, 0.4) is 0 Å². The third-order valence-electron chi connectivity index (χ3n) is 2.54. The molecular weight excluding hydrogens is 240 g/mol. The maximum absolute atomic E-state index is 9.52. The molecule has 16 heavy (non-hydrogen) atoms. The zero-order valence-corrected chi connectivity index (χ0v) is 9.18. The van der Waals surface area contributed by atoms with Gasteiger partial charge in [0.2, 0.25) is 0 Å². The predicted octanol–water partition coefficient (Wildman–Crippen LogP) is -3.56. The van der Waals surface area contributed by atoms with E-state index in [1.165, 1.54) is 0 Å². The Bertz CT molecular complexity index is 224. The first-order chi connectivity index (χ1) is 7.40. The monoisotopic (exact) mass is 256 g/mol. The second-order valence-electron chi connectivity index (χ2n) is 3.70. The van der Waals surface area contributed by atoms with Crippen LogP contribution in [0.2, 0.25) is 0 Å². The van der Waals surface area contributed by atoms with Gasteiger partial charge in [0.1, 0.15) is 42.1 Å². The van der Waals surface area contributed by atoms with Gasteiger partial charge in [-0.1, -0.05) is 0 Å². The molecule has 0 spiro atoms. The summed E-state index contributed by atoms with van der Waals surface area (Å²) in [4.78, 5) is 0. The molecule has 1 heterocycles. The highest BCUT2D eigenvalue weighted by atomic mass is 32.1. The zero-order chi connectivity index (χ0) is 12.5. The van der Waals surface area contributed by atoms with Gasteiger partial charge in [-0.3, -0.25) is 0 Å². The molecule has 1 aliphatic rings. The van der Waals surface area contributed by atoms with Crippen molar-refractivity contribution < 1.29 is 35.4 Å². The minimum absolute atomic E-state index is 0.719. The molecule has 0 bridgehead atoms. The Hall–Kier alpha value is 0.0700. The summed E-state index contributed by atoms with van der Waals surface area (Å²) in [5.74, 6) is 0. The molecule has 7 atom stereocenters. The van der Waals surface area contributed by atoms with Crippen LogP contribution in [0.1, 0.15) is 0 Å². The van der Waals surface area contributed by atoms with Crippen molar-refractivity contribution in [3.63, 3.8) is 0 Å². The molecule has 6 N–H and O–H groups in total. The number of aliphatic hydroxyl groups is 6. The third-order valence-corrected chi connectivity index (χ3v) is 2.97. The van der Waals surface area contributed by atoms with Crippen molar-refractivity contribution in [1.82, 2.24) is 0 Å². The lowest BCUT2D eigenvalue weighted by Gasteiger charge is -2.41. The number of hydrogen-bond donors (Lipinski definition) is 7. The lowest BCUT2D eigenvalue weighted by Crippen LogP contribution is -2.61. The van der Waals surface area contributed by atoms with E-state index < -0.39 is 48.7 Å². The van der Waals surface area contributed by atoms with E-state index in [4.69, 9.17) is 9.84 Å². The Morgan fingerprint density at radius 1 is 1.06 bits per heavy atom. The lowest BCUT2D eigenvalue weighted by molar-refractivity contribution is -0.232. The van der Waals surface area contributed by atoms with Crippen LogP contribution in [-0.4, -0.2) is 79.3 Å². The Labute approximate surface area is 97.3 Å². The Balaban J connectivity index is 2.73. The van der Waals surface area contributed by atoms with Crippen molar-refractivity contribution in [2.45, 2.75) is 42.1 Å². The minimum atomic E-state index is -1.59. The van der Waals surface area contributed by atoms with Crippen molar-refractivity contribution in [2.24, 2.45) is 0 Å². The largest absolute Gasteiger partial charge is 0.394 e. The lowest BCUT2D eigenvalue weighted by atomic mass is 9.94. The highest BCUT2D eigenvalue weighted by Gasteiger charge is 2.46. The number of aliphatic hydroxyl groups excluding tert-OH is 6. The van der Waals surface area contributed by atoms with Crippen LogP contribution in [0.4, 0.5) is 0 Å². The van der Waals surface area contributed by atoms with Crippen molar-refractivity contribution >= 4 is 12.6 Å². The molecule has 1 fully saturated rings. The summed E-state index contributed by atoms with van der Waals surface area (Å²) >= 11 is 3.81. The van der Waals surface area contributed by atoms with Gasteiger partial charge in [-0.05, 0) is 0 Å². The van der Waals surface area contributed by atoms with Crippen LogP contribution in [-0.2, 0) is 4.74 Å². The zero-order valence-electron chi connectivity index (χ0n) is 8.29. The van der Waals surface area contributed by atoms with E-state index in [9.17, 15) is 25.5 Å². The van der Waals surface area contributed by atoms with Crippen LogP contribution in [0.15, 0.2) is 0 Å². The molecule has 8 heteroatoms. The van der Waals surface area contributed by atoms with Gasteiger partial charge in [0.15, 0.2) is 0 Å². The fourth-order valence-corrected chi connectivity index (χ4v) is 1.81. The van der Waals surface area contributed by atoms with Crippen LogP contribution in [0, 0.1) is 0 Å². The van der Waals surface area contributed by atoms with Gasteiger partial charge in [-0.25, -0.2) is 0 Å². The first-order valence-corrected chi connectivity index (χ1v) is 5.26. The fourth-order valence-electron chi connectivity index (χ4n) is 1.50. The van der Waals surface area contributed by atoms with E-state index in [-0.39, 0.29) is 0 Å². The predicted molar refractivity (Wildman–Crippen MR) is 54.8 cm³/mol. The van der Waals surface area contributed by atoms with E-state index in [0.29, 0.717) is 0 Å². The highest BCUT2D eigenvalue weighted by molar-refractivity contribution is 7.80. The standard InChI is InChI=1S/C8H16O7S/c9-1-2(10)3(11)7-5(13)4(12)6(14)8(16)15-7/h2-14,16H,1H2/t2-,3-,4-,5+,6+,7+,8?/m0/s1. The number of rotatable bonds is 3. The summed E-state index contributed by atoms with van der Waals surface area (Å²) in [7, 11) is 0. The molecule has 0 saturated carbocycles. The minimum Gasteiger partial charge on any atom is -0.394 e. The van der Waals surface area contributed by atoms with Crippen LogP contribution >= 0.6 is 12.6 Å². The molecule has 1 rings (SSSR count). The fraction of sp³-hybridized carbons (Fsp3) is 1.00. The molecule has 0 radical (unpaired) electrons. The summed E-state index contributed by atoms with van der Waals surface area (Å²) in [5.41, 5.74) is -1.09. The van der Waals surface area contributed by atoms with Gasteiger partial charge in [-0.2, -0.15) is 0 Å². The Morgan fingerprint density at radius 3 is 2.12 bits per heavy atom. The van der Waals surface area contributed by atoms with Crippen molar-refractivity contribution in [3.8, 4) is 0 Å². The van der Waals surface area contributed by atoms with Crippen molar-refractivity contribution in [2.75, 3.05) is 6.61 Å². The number of hydrogen-bond acceptors (Lipinski definition) is 8. The SMILES string of the molecule is OC[C@H](O)[C@H](O)[C@H]1OC(S)[C@H](O)[C@@H](O)[C@H]1O. The topological polar surface area (TPSA) is 131 Å². The molecule has 0 aromatic heterocycles. The molecule has 1 unspecified atom stereocenters. The van der Waals surface area contributed by atoms with Gasteiger partial charge < -0.3 is 35.4 Å². The molecule has 0 aromatic rings. The molecule has 0 aromatic carbocycles. The molecule has 7 nitrogen and oxygen atoms in total. The first-order valence-electron chi connectivity index (χ1n) is 4.75. The second-order valence-corrected chi connectivity index (χ2v) is 4.21. The van der Waals surface area contributed by atoms with Crippen molar-refractivity contribution in [3.05, 3.63) is 0 Å². The average molecular weight is 256 g/mol. The summed E-state index contributed by atoms with van der Waals surface area (Å²) < 4.78 is 4.95. The van der Waals surface area contributed by atoms with E-state index >= 15 is 0 Å². The normalized spacial score (nSPS) is 44.1. The van der Waals surface area contributed by atoms with E-state index in [0.717, 1.165) is 0 Å². The van der Waals surface area contributed by atoms with Crippen molar-refractivity contribution in [1.29, 1.82) is 0 Å². The highest BCUT2D eigenvalue weighted by Crippen LogP contribution is 2.26. The van der Waals surface area contributed by atoms with Crippen LogP contribution in [0.25, 0.3) is 0 Å². The van der Waals surface area contributed by atoms with Gasteiger partial charge >= 0.3 is 0 Å². The number of thiol groups is 1. The smallest absolute Gasteiger partial charge is 0.129 e. The molecule has 0 aliphatic carbocycles. The van der Waals surface area contributed by atoms with E-state index in [1.54, 1.807) is 0 Å². The maximum Gasteiger partial charge on any atom is 0.129 e. The van der Waals surface area contributed by atoms with Crippen LogP contribution < -0.4 is 0 Å². The Morgan fingerprint density at radius 2 is 1.62 bits per heavy atom. The second kappa shape index (κ2) is 5.61. The molecular formula is C8H16O7S. The van der Waals surface area contributed by atoms with Gasteiger partial charge in [0.25, 0.3) is 0 Å². The Kier molecular flexibility index (Phi) is 4.95. The first kappa shape index (κ1) is 14.1.